The first-order chi connectivity index (χ1) is 8.83. The summed E-state index contributed by atoms with van der Waals surface area (Å²) in [6.07, 6.45) is 11.7. The molecule has 3 heteroatoms. The van der Waals surface area contributed by atoms with Gasteiger partial charge >= 0.3 is 0 Å². The molecule has 1 aliphatic carbocycles. The van der Waals surface area contributed by atoms with Crippen molar-refractivity contribution in [2.45, 2.75) is 69.9 Å². The van der Waals surface area contributed by atoms with Crippen LogP contribution in [0.3, 0.4) is 0 Å². The Balaban J connectivity index is 1.36. The first-order valence-electron chi connectivity index (χ1n) is 7.86. The number of carbonyl (C=O) groups is 1. The van der Waals surface area contributed by atoms with E-state index in [-0.39, 0.29) is 5.92 Å². The first kappa shape index (κ1) is 12.5. The Labute approximate surface area is 110 Å². The van der Waals surface area contributed by atoms with Crippen LogP contribution in [-0.4, -0.2) is 24.5 Å². The first-order valence-corrected chi connectivity index (χ1v) is 7.86. The molecular weight excluding hydrogens is 224 g/mol. The zero-order valence-corrected chi connectivity index (χ0v) is 11.3. The average Bonchev–Trinajstić information content (AvgIpc) is 3.02. The van der Waals surface area contributed by atoms with E-state index in [1.165, 1.54) is 51.4 Å². The molecular formula is C15H26N2O. The molecule has 2 aliphatic heterocycles. The maximum Gasteiger partial charge on any atom is 0.224 e. The van der Waals surface area contributed by atoms with Crippen molar-refractivity contribution in [2.24, 2.45) is 11.8 Å². The quantitative estimate of drug-likeness (QED) is 0.803. The molecule has 2 saturated heterocycles. The third kappa shape index (κ3) is 2.71. The Morgan fingerprint density at radius 3 is 2.61 bits per heavy atom. The molecule has 3 atom stereocenters. The lowest BCUT2D eigenvalue weighted by atomic mass is 9.86. The Bertz CT molecular complexity index is 299. The smallest absolute Gasteiger partial charge is 0.224 e. The number of fused-ring (bicyclic) bond motifs is 2. The molecule has 0 aromatic carbocycles. The van der Waals surface area contributed by atoms with Gasteiger partial charge in [0.1, 0.15) is 0 Å². The van der Waals surface area contributed by atoms with Crippen LogP contribution in [0.5, 0.6) is 0 Å². The second-order valence-corrected chi connectivity index (χ2v) is 6.47. The summed E-state index contributed by atoms with van der Waals surface area (Å²) in [6, 6.07) is 1.11. The molecule has 0 spiro atoms. The van der Waals surface area contributed by atoms with Crippen LogP contribution in [0, 0.1) is 11.8 Å². The second kappa shape index (κ2) is 5.60. The van der Waals surface area contributed by atoms with Crippen LogP contribution in [0.1, 0.15) is 57.8 Å². The molecule has 102 valence electrons. The van der Waals surface area contributed by atoms with Gasteiger partial charge in [0.05, 0.1) is 5.92 Å². The van der Waals surface area contributed by atoms with E-state index in [1.807, 2.05) is 0 Å². The zero-order valence-electron chi connectivity index (χ0n) is 11.3. The van der Waals surface area contributed by atoms with E-state index in [1.54, 1.807) is 0 Å². The molecule has 3 fully saturated rings. The lowest BCUT2D eigenvalue weighted by Crippen LogP contribution is -2.38. The number of hydrogen-bond acceptors (Lipinski definition) is 2. The molecule has 2 bridgehead atoms. The van der Waals surface area contributed by atoms with Gasteiger partial charge in [0.25, 0.3) is 0 Å². The molecule has 2 N–H and O–H groups in total. The SMILES string of the molecule is O=C(NCCC1CCCCC1)C1CC2CCC1N2. The Kier molecular flexibility index (Phi) is 3.88. The van der Waals surface area contributed by atoms with Gasteiger partial charge in [-0.25, -0.2) is 0 Å². The molecule has 1 saturated carbocycles. The minimum atomic E-state index is 0.259. The summed E-state index contributed by atoms with van der Waals surface area (Å²) >= 11 is 0. The van der Waals surface area contributed by atoms with Gasteiger partial charge in [-0.3, -0.25) is 4.79 Å². The molecule has 3 rings (SSSR count). The van der Waals surface area contributed by atoms with Gasteiger partial charge < -0.3 is 10.6 Å². The predicted octanol–water partition coefficient (Wildman–Crippen LogP) is 2.21. The number of hydrogen-bond donors (Lipinski definition) is 2. The van der Waals surface area contributed by atoms with E-state index in [0.717, 1.165) is 18.9 Å². The van der Waals surface area contributed by atoms with Gasteiger partial charge in [0.15, 0.2) is 0 Å². The van der Waals surface area contributed by atoms with Crippen LogP contribution in [-0.2, 0) is 4.79 Å². The molecule has 0 aromatic heterocycles. The summed E-state index contributed by atoms with van der Waals surface area (Å²) in [5.41, 5.74) is 0. The minimum Gasteiger partial charge on any atom is -0.356 e. The van der Waals surface area contributed by atoms with Crippen molar-refractivity contribution in [2.75, 3.05) is 6.54 Å². The highest BCUT2D eigenvalue weighted by Gasteiger charge is 2.42. The van der Waals surface area contributed by atoms with Crippen LogP contribution < -0.4 is 10.6 Å². The zero-order chi connectivity index (χ0) is 12.4. The van der Waals surface area contributed by atoms with Crippen LogP contribution in [0.25, 0.3) is 0 Å². The van der Waals surface area contributed by atoms with Crippen molar-refractivity contribution >= 4 is 5.91 Å². The number of rotatable bonds is 4. The fourth-order valence-electron chi connectivity index (χ4n) is 4.12. The summed E-state index contributed by atoms with van der Waals surface area (Å²) in [5, 5.41) is 6.72. The van der Waals surface area contributed by atoms with Gasteiger partial charge in [0.2, 0.25) is 5.91 Å². The van der Waals surface area contributed by atoms with Crippen LogP contribution in [0.4, 0.5) is 0 Å². The Morgan fingerprint density at radius 1 is 1.11 bits per heavy atom. The van der Waals surface area contributed by atoms with Crippen molar-refractivity contribution in [3.05, 3.63) is 0 Å². The van der Waals surface area contributed by atoms with Crippen molar-refractivity contribution in [3.8, 4) is 0 Å². The molecule has 3 unspecified atom stereocenters. The van der Waals surface area contributed by atoms with E-state index in [9.17, 15) is 4.79 Å². The fraction of sp³-hybridized carbons (Fsp3) is 0.933. The highest BCUT2D eigenvalue weighted by Crippen LogP contribution is 2.33. The monoisotopic (exact) mass is 250 g/mol. The summed E-state index contributed by atoms with van der Waals surface area (Å²) < 4.78 is 0. The maximum atomic E-state index is 12.1. The molecule has 3 aliphatic rings. The van der Waals surface area contributed by atoms with E-state index >= 15 is 0 Å². The summed E-state index contributed by atoms with van der Waals surface area (Å²) in [6.45, 7) is 0.900. The van der Waals surface area contributed by atoms with Gasteiger partial charge in [-0.1, -0.05) is 32.1 Å². The summed E-state index contributed by atoms with van der Waals surface area (Å²) in [5.74, 6) is 1.44. The lowest BCUT2D eigenvalue weighted by Gasteiger charge is -2.23. The minimum absolute atomic E-state index is 0.259. The third-order valence-electron chi connectivity index (χ3n) is 5.21. The number of carbonyl (C=O) groups excluding carboxylic acids is 1. The highest BCUT2D eigenvalue weighted by molar-refractivity contribution is 5.80. The number of nitrogens with one attached hydrogen (secondary N) is 2. The largest absolute Gasteiger partial charge is 0.356 e. The van der Waals surface area contributed by atoms with Crippen molar-refractivity contribution < 1.29 is 4.79 Å². The second-order valence-electron chi connectivity index (χ2n) is 6.47. The Morgan fingerprint density at radius 2 is 1.94 bits per heavy atom. The highest BCUT2D eigenvalue weighted by atomic mass is 16.1. The number of amides is 1. The third-order valence-corrected chi connectivity index (χ3v) is 5.21. The van der Waals surface area contributed by atoms with E-state index in [2.05, 4.69) is 10.6 Å². The standard InChI is InChI=1S/C15H26N2O/c18-15(13-10-12-6-7-14(13)17-12)16-9-8-11-4-2-1-3-5-11/h11-14,17H,1-10H2,(H,16,18). The molecule has 0 aromatic rings. The van der Waals surface area contributed by atoms with E-state index < -0.39 is 0 Å². The fourth-order valence-corrected chi connectivity index (χ4v) is 4.12. The van der Waals surface area contributed by atoms with Crippen LogP contribution >= 0.6 is 0 Å². The topological polar surface area (TPSA) is 41.1 Å². The molecule has 18 heavy (non-hydrogen) atoms. The van der Waals surface area contributed by atoms with Crippen molar-refractivity contribution in [1.29, 1.82) is 0 Å². The van der Waals surface area contributed by atoms with Crippen molar-refractivity contribution in [3.63, 3.8) is 0 Å². The maximum absolute atomic E-state index is 12.1. The summed E-state index contributed by atoms with van der Waals surface area (Å²) in [4.78, 5) is 12.1. The molecule has 3 nitrogen and oxygen atoms in total. The molecule has 0 radical (unpaired) electrons. The van der Waals surface area contributed by atoms with E-state index in [0.29, 0.717) is 18.0 Å². The van der Waals surface area contributed by atoms with Gasteiger partial charge in [-0.05, 0) is 31.6 Å². The van der Waals surface area contributed by atoms with Gasteiger partial charge in [-0.15, -0.1) is 0 Å². The summed E-state index contributed by atoms with van der Waals surface area (Å²) in [7, 11) is 0. The van der Waals surface area contributed by atoms with Gasteiger partial charge in [-0.2, -0.15) is 0 Å². The Hall–Kier alpha value is -0.570. The predicted molar refractivity (Wildman–Crippen MR) is 72.3 cm³/mol. The van der Waals surface area contributed by atoms with Crippen LogP contribution in [0.15, 0.2) is 0 Å². The van der Waals surface area contributed by atoms with E-state index in [4.69, 9.17) is 0 Å². The lowest BCUT2D eigenvalue weighted by molar-refractivity contribution is -0.125. The molecule has 2 heterocycles. The normalized spacial score (nSPS) is 35.9. The molecule has 1 amide bonds. The van der Waals surface area contributed by atoms with Crippen LogP contribution in [0.2, 0.25) is 0 Å². The van der Waals surface area contributed by atoms with Gasteiger partial charge in [0, 0.05) is 18.6 Å². The average molecular weight is 250 g/mol. The van der Waals surface area contributed by atoms with Crippen molar-refractivity contribution in [1.82, 2.24) is 10.6 Å².